The SMILES string of the molecule is CCCCC(=O)[O-].[Cs+]. The average Bonchev–Trinajstić information content (AvgIpc) is 1.61. The molecule has 0 fully saturated rings. The van der Waals surface area contributed by atoms with Gasteiger partial charge in [-0.05, 0) is 12.8 Å². The van der Waals surface area contributed by atoms with Crippen molar-refractivity contribution < 1.29 is 78.8 Å². The maximum absolute atomic E-state index is 9.65. The van der Waals surface area contributed by atoms with E-state index in [1.54, 1.807) is 0 Å². The molecule has 0 amide bonds. The second-order valence-corrected chi connectivity index (χ2v) is 1.48. The number of carbonyl (C=O) groups is 1. The molecule has 0 rings (SSSR count). The van der Waals surface area contributed by atoms with Crippen molar-refractivity contribution in [2.45, 2.75) is 26.2 Å². The molecule has 3 heteroatoms. The molecule has 8 heavy (non-hydrogen) atoms. The number of hydrogen-bond acceptors (Lipinski definition) is 2. The van der Waals surface area contributed by atoms with Crippen LogP contribution >= 0.6 is 0 Å². The van der Waals surface area contributed by atoms with E-state index in [0.29, 0.717) is 0 Å². The minimum Gasteiger partial charge on any atom is -0.550 e. The van der Waals surface area contributed by atoms with Gasteiger partial charge in [0.25, 0.3) is 0 Å². The molecular weight excluding hydrogens is 225 g/mol. The fourth-order valence-electron chi connectivity index (χ4n) is 0.321. The largest absolute Gasteiger partial charge is 1.00 e. The molecule has 0 radical (unpaired) electrons. The van der Waals surface area contributed by atoms with Gasteiger partial charge in [0.15, 0.2) is 0 Å². The van der Waals surface area contributed by atoms with Gasteiger partial charge in [-0.3, -0.25) is 0 Å². The molecule has 42 valence electrons. The van der Waals surface area contributed by atoms with E-state index in [1.165, 1.54) is 0 Å². The molecule has 0 bridgehead atoms. The van der Waals surface area contributed by atoms with Crippen molar-refractivity contribution in [1.29, 1.82) is 0 Å². The summed E-state index contributed by atoms with van der Waals surface area (Å²) < 4.78 is 0. The van der Waals surface area contributed by atoms with Gasteiger partial charge < -0.3 is 9.90 Å². The normalized spacial score (nSPS) is 7.62. The first-order valence-corrected chi connectivity index (χ1v) is 2.47. The maximum Gasteiger partial charge on any atom is 1.00 e. The minimum absolute atomic E-state index is 0. The van der Waals surface area contributed by atoms with Crippen LogP contribution in [0.3, 0.4) is 0 Å². The molecule has 0 aromatic carbocycles. The van der Waals surface area contributed by atoms with Gasteiger partial charge >= 0.3 is 68.9 Å². The molecule has 0 aliphatic carbocycles. The van der Waals surface area contributed by atoms with E-state index < -0.39 is 5.97 Å². The summed E-state index contributed by atoms with van der Waals surface area (Å²) in [6.45, 7) is 1.95. The zero-order valence-electron chi connectivity index (χ0n) is 5.44. The van der Waals surface area contributed by atoms with Crippen molar-refractivity contribution in [2.24, 2.45) is 0 Å². The van der Waals surface area contributed by atoms with Crippen LogP contribution in [0.5, 0.6) is 0 Å². The quantitative estimate of drug-likeness (QED) is 0.520. The van der Waals surface area contributed by atoms with E-state index in [9.17, 15) is 9.90 Å². The Kier molecular flexibility index (Phi) is 13.0. The molecule has 0 aliphatic rings. The van der Waals surface area contributed by atoms with Gasteiger partial charge in [-0.2, -0.15) is 0 Å². The zero-order valence-corrected chi connectivity index (χ0v) is 11.7. The fraction of sp³-hybridized carbons (Fsp3) is 0.800. The molecule has 0 atom stereocenters. The van der Waals surface area contributed by atoms with E-state index in [2.05, 4.69) is 0 Å². The molecule has 2 nitrogen and oxygen atoms in total. The van der Waals surface area contributed by atoms with Crippen LogP contribution in [0.4, 0.5) is 0 Å². The summed E-state index contributed by atoms with van der Waals surface area (Å²) in [5, 5.41) is 9.65. The van der Waals surface area contributed by atoms with Crippen LogP contribution in [0.25, 0.3) is 0 Å². The number of carboxylic acids is 1. The van der Waals surface area contributed by atoms with Gasteiger partial charge in [0, 0.05) is 5.97 Å². The van der Waals surface area contributed by atoms with Crippen LogP contribution in [0.2, 0.25) is 0 Å². The van der Waals surface area contributed by atoms with Gasteiger partial charge in [0.05, 0.1) is 0 Å². The molecule has 0 saturated heterocycles. The van der Waals surface area contributed by atoms with Gasteiger partial charge in [0.2, 0.25) is 0 Å². The molecular formula is C5H9CsO2. The van der Waals surface area contributed by atoms with E-state index in [-0.39, 0.29) is 75.3 Å². The van der Waals surface area contributed by atoms with Crippen molar-refractivity contribution >= 4 is 5.97 Å². The van der Waals surface area contributed by atoms with Crippen LogP contribution < -0.4 is 74.0 Å². The van der Waals surface area contributed by atoms with Crippen LogP contribution in [-0.4, -0.2) is 5.97 Å². The summed E-state index contributed by atoms with van der Waals surface area (Å²) in [4.78, 5) is 9.65. The van der Waals surface area contributed by atoms with Crippen LogP contribution in [-0.2, 0) is 4.79 Å². The summed E-state index contributed by atoms with van der Waals surface area (Å²) in [5.41, 5.74) is 0. The van der Waals surface area contributed by atoms with E-state index in [0.717, 1.165) is 12.8 Å². The number of aliphatic carboxylic acids is 1. The minimum atomic E-state index is -0.943. The molecule has 0 spiro atoms. The van der Waals surface area contributed by atoms with E-state index in [4.69, 9.17) is 0 Å². The van der Waals surface area contributed by atoms with E-state index >= 15 is 0 Å². The number of rotatable bonds is 3. The number of carbonyl (C=O) groups excluding carboxylic acids is 1. The number of unbranched alkanes of at least 4 members (excludes halogenated alkanes) is 1. The molecule has 0 saturated carbocycles. The van der Waals surface area contributed by atoms with Crippen molar-refractivity contribution in [3.63, 3.8) is 0 Å². The van der Waals surface area contributed by atoms with Crippen LogP contribution in [0.1, 0.15) is 26.2 Å². The topological polar surface area (TPSA) is 40.1 Å². The first-order chi connectivity index (χ1) is 3.27. The molecule has 0 N–H and O–H groups in total. The third-order valence-corrected chi connectivity index (χ3v) is 0.734. The third kappa shape index (κ3) is 10.5. The molecule has 0 aliphatic heterocycles. The molecule has 0 aromatic rings. The van der Waals surface area contributed by atoms with Gasteiger partial charge in [-0.15, -0.1) is 0 Å². The third-order valence-electron chi connectivity index (χ3n) is 0.734. The Hall–Kier alpha value is 1.52. The summed E-state index contributed by atoms with van der Waals surface area (Å²) in [6.07, 6.45) is 1.87. The standard InChI is InChI=1S/C5H10O2.Cs/c1-2-3-4-5(6)7;/h2-4H2,1H3,(H,6,7);/q;+1/p-1. The predicted molar refractivity (Wildman–Crippen MR) is 24.5 cm³/mol. The van der Waals surface area contributed by atoms with Gasteiger partial charge in [-0.1, -0.05) is 13.3 Å². The Morgan fingerprint density at radius 2 is 2.12 bits per heavy atom. The zero-order chi connectivity index (χ0) is 5.70. The van der Waals surface area contributed by atoms with Gasteiger partial charge in [0.1, 0.15) is 0 Å². The van der Waals surface area contributed by atoms with Crippen molar-refractivity contribution in [2.75, 3.05) is 0 Å². The molecule has 0 unspecified atom stereocenters. The summed E-state index contributed by atoms with van der Waals surface area (Å²) >= 11 is 0. The average molecular weight is 234 g/mol. The van der Waals surface area contributed by atoms with Crippen molar-refractivity contribution in [1.82, 2.24) is 0 Å². The number of hydrogen-bond donors (Lipinski definition) is 0. The first kappa shape index (κ1) is 12.2. The summed E-state index contributed by atoms with van der Waals surface area (Å²) in [5.74, 6) is -0.943. The fourth-order valence-corrected chi connectivity index (χ4v) is 0.321. The Labute approximate surface area is 108 Å². The number of carboxylic acid groups (broad SMARTS) is 1. The van der Waals surface area contributed by atoms with Crippen molar-refractivity contribution in [3.8, 4) is 0 Å². The molecule has 0 heterocycles. The predicted octanol–water partition coefficient (Wildman–Crippen LogP) is -3.07. The summed E-state index contributed by atoms with van der Waals surface area (Å²) in [7, 11) is 0. The van der Waals surface area contributed by atoms with Crippen LogP contribution in [0, 0.1) is 0 Å². The maximum atomic E-state index is 9.65. The van der Waals surface area contributed by atoms with Gasteiger partial charge in [-0.25, -0.2) is 0 Å². The Balaban J connectivity index is 0. The second-order valence-electron chi connectivity index (χ2n) is 1.48. The Bertz CT molecular complexity index is 63.4. The monoisotopic (exact) mass is 234 g/mol. The smallest absolute Gasteiger partial charge is 0.550 e. The van der Waals surface area contributed by atoms with Crippen LogP contribution in [0.15, 0.2) is 0 Å². The Morgan fingerprint density at radius 1 is 1.62 bits per heavy atom. The molecule has 0 aromatic heterocycles. The second kappa shape index (κ2) is 8.52. The van der Waals surface area contributed by atoms with E-state index in [1.807, 2.05) is 6.92 Å². The first-order valence-electron chi connectivity index (χ1n) is 2.47. The van der Waals surface area contributed by atoms with Crippen molar-refractivity contribution in [3.05, 3.63) is 0 Å². The summed E-state index contributed by atoms with van der Waals surface area (Å²) in [6, 6.07) is 0. The Morgan fingerprint density at radius 3 is 2.25 bits per heavy atom.